The Morgan fingerprint density at radius 1 is 1.14 bits per heavy atom. The van der Waals surface area contributed by atoms with Crippen LogP contribution in [0.2, 0.25) is 0 Å². The molecular formula is C15H15N5O. The summed E-state index contributed by atoms with van der Waals surface area (Å²) < 4.78 is 6.97. The van der Waals surface area contributed by atoms with Crippen LogP contribution in [0.3, 0.4) is 0 Å². The Morgan fingerprint density at radius 3 is 2.86 bits per heavy atom. The molecule has 0 aliphatic carbocycles. The van der Waals surface area contributed by atoms with Gasteiger partial charge in [-0.3, -0.25) is 0 Å². The minimum absolute atomic E-state index is 0.684. The van der Waals surface area contributed by atoms with Crippen LogP contribution >= 0.6 is 0 Å². The van der Waals surface area contributed by atoms with Gasteiger partial charge in [-0.05, 0) is 34.7 Å². The molecule has 0 bridgehead atoms. The van der Waals surface area contributed by atoms with Crippen LogP contribution in [-0.4, -0.2) is 27.3 Å². The van der Waals surface area contributed by atoms with Gasteiger partial charge in [0.25, 0.3) is 0 Å². The number of rotatable bonds is 5. The van der Waals surface area contributed by atoms with E-state index in [0.29, 0.717) is 6.54 Å². The molecule has 0 spiro atoms. The molecule has 1 aromatic heterocycles. The highest BCUT2D eigenvalue weighted by Crippen LogP contribution is 2.20. The van der Waals surface area contributed by atoms with Crippen molar-refractivity contribution in [2.45, 2.75) is 6.54 Å². The van der Waals surface area contributed by atoms with Crippen molar-refractivity contribution < 1.29 is 4.74 Å². The van der Waals surface area contributed by atoms with Gasteiger partial charge < -0.3 is 10.1 Å². The summed E-state index contributed by atoms with van der Waals surface area (Å²) in [6, 6.07) is 15.9. The molecule has 1 N–H and O–H groups in total. The quantitative estimate of drug-likeness (QED) is 0.777. The lowest BCUT2D eigenvalue weighted by Gasteiger charge is -2.11. The Labute approximate surface area is 122 Å². The van der Waals surface area contributed by atoms with Crippen LogP contribution in [0.15, 0.2) is 54.9 Å². The lowest BCUT2D eigenvalue weighted by Crippen LogP contribution is -2.02. The third-order valence-electron chi connectivity index (χ3n) is 3.14. The van der Waals surface area contributed by atoms with Gasteiger partial charge in [-0.2, -0.15) is 0 Å². The van der Waals surface area contributed by atoms with E-state index in [4.69, 9.17) is 4.74 Å². The first-order chi connectivity index (χ1) is 10.4. The first-order valence-electron chi connectivity index (χ1n) is 6.56. The molecule has 0 fully saturated rings. The molecule has 0 amide bonds. The van der Waals surface area contributed by atoms with Gasteiger partial charge in [-0.15, -0.1) is 5.10 Å². The van der Waals surface area contributed by atoms with Gasteiger partial charge in [0.05, 0.1) is 12.8 Å². The van der Waals surface area contributed by atoms with Crippen LogP contribution in [0.25, 0.3) is 5.69 Å². The van der Waals surface area contributed by atoms with Crippen molar-refractivity contribution in [1.82, 2.24) is 20.2 Å². The number of hydrogen-bond acceptors (Lipinski definition) is 5. The van der Waals surface area contributed by atoms with Gasteiger partial charge in [0.15, 0.2) is 0 Å². The average Bonchev–Trinajstić information content (AvgIpc) is 3.08. The molecule has 6 nitrogen and oxygen atoms in total. The maximum absolute atomic E-state index is 5.35. The Morgan fingerprint density at radius 2 is 2.05 bits per heavy atom. The summed E-state index contributed by atoms with van der Waals surface area (Å²) in [5.41, 5.74) is 3.01. The smallest absolute Gasteiger partial charge is 0.143 e. The first-order valence-corrected chi connectivity index (χ1v) is 6.56. The molecule has 6 heteroatoms. The third kappa shape index (κ3) is 3.00. The van der Waals surface area contributed by atoms with E-state index in [2.05, 4.69) is 20.8 Å². The highest BCUT2D eigenvalue weighted by atomic mass is 16.5. The summed E-state index contributed by atoms with van der Waals surface area (Å²) in [5, 5.41) is 14.5. The van der Waals surface area contributed by atoms with E-state index in [1.807, 2.05) is 48.5 Å². The Balaban J connectivity index is 1.75. The molecular weight excluding hydrogens is 266 g/mol. The van der Waals surface area contributed by atoms with Gasteiger partial charge in [-0.25, -0.2) is 4.68 Å². The SMILES string of the molecule is COc1ccccc1CNc1cccc(-n2cnnn2)c1. The zero-order valence-electron chi connectivity index (χ0n) is 11.6. The molecule has 0 radical (unpaired) electrons. The van der Waals surface area contributed by atoms with Crippen molar-refractivity contribution in [2.75, 3.05) is 12.4 Å². The lowest BCUT2D eigenvalue weighted by atomic mass is 10.2. The third-order valence-corrected chi connectivity index (χ3v) is 3.14. The van der Waals surface area contributed by atoms with Gasteiger partial charge >= 0.3 is 0 Å². The molecule has 0 aliphatic heterocycles. The minimum Gasteiger partial charge on any atom is -0.496 e. The second-order valence-corrected chi connectivity index (χ2v) is 4.47. The summed E-state index contributed by atoms with van der Waals surface area (Å²) >= 11 is 0. The highest BCUT2D eigenvalue weighted by molar-refractivity contribution is 5.51. The minimum atomic E-state index is 0.684. The monoisotopic (exact) mass is 281 g/mol. The summed E-state index contributed by atoms with van der Waals surface area (Å²) in [4.78, 5) is 0. The molecule has 2 aromatic carbocycles. The van der Waals surface area contributed by atoms with Crippen LogP contribution < -0.4 is 10.1 Å². The second kappa shape index (κ2) is 6.04. The topological polar surface area (TPSA) is 64.9 Å². The Bertz CT molecular complexity index is 712. The molecule has 0 saturated carbocycles. The van der Waals surface area contributed by atoms with Gasteiger partial charge in [0.1, 0.15) is 12.1 Å². The van der Waals surface area contributed by atoms with E-state index in [-0.39, 0.29) is 0 Å². The number of ether oxygens (including phenoxy) is 1. The van der Waals surface area contributed by atoms with Crippen molar-refractivity contribution in [2.24, 2.45) is 0 Å². The van der Waals surface area contributed by atoms with Crippen molar-refractivity contribution in [3.05, 3.63) is 60.4 Å². The predicted octanol–water partition coefficient (Wildman–Crippen LogP) is 2.28. The van der Waals surface area contributed by atoms with Crippen LogP contribution in [-0.2, 0) is 6.54 Å². The van der Waals surface area contributed by atoms with E-state index in [1.165, 1.54) is 0 Å². The average molecular weight is 281 g/mol. The molecule has 106 valence electrons. The van der Waals surface area contributed by atoms with E-state index in [9.17, 15) is 0 Å². The summed E-state index contributed by atoms with van der Waals surface area (Å²) in [6.07, 6.45) is 1.57. The highest BCUT2D eigenvalue weighted by Gasteiger charge is 2.03. The van der Waals surface area contributed by atoms with Crippen molar-refractivity contribution >= 4 is 5.69 Å². The molecule has 3 aromatic rings. The number of anilines is 1. The van der Waals surface area contributed by atoms with Gasteiger partial charge in [0, 0.05) is 17.8 Å². The molecule has 3 rings (SSSR count). The fraction of sp³-hybridized carbons (Fsp3) is 0.133. The van der Waals surface area contributed by atoms with Crippen molar-refractivity contribution in [3.63, 3.8) is 0 Å². The van der Waals surface area contributed by atoms with Crippen molar-refractivity contribution in [1.29, 1.82) is 0 Å². The number of benzene rings is 2. The van der Waals surface area contributed by atoms with Crippen LogP contribution in [0.4, 0.5) is 5.69 Å². The van der Waals surface area contributed by atoms with Crippen LogP contribution in [0, 0.1) is 0 Å². The van der Waals surface area contributed by atoms with Crippen LogP contribution in [0.1, 0.15) is 5.56 Å². The fourth-order valence-electron chi connectivity index (χ4n) is 2.08. The number of methoxy groups -OCH3 is 1. The van der Waals surface area contributed by atoms with E-state index < -0.39 is 0 Å². The van der Waals surface area contributed by atoms with Gasteiger partial charge in [0.2, 0.25) is 0 Å². The van der Waals surface area contributed by atoms with E-state index >= 15 is 0 Å². The standard InChI is InChI=1S/C15H15N5O/c1-21-15-8-3-2-5-12(15)10-16-13-6-4-7-14(9-13)20-11-17-18-19-20/h2-9,11,16H,10H2,1H3. The molecule has 1 heterocycles. The van der Waals surface area contributed by atoms with Crippen LogP contribution in [0.5, 0.6) is 5.75 Å². The Kier molecular flexibility index (Phi) is 3.77. The molecule has 21 heavy (non-hydrogen) atoms. The summed E-state index contributed by atoms with van der Waals surface area (Å²) in [5.74, 6) is 0.877. The summed E-state index contributed by atoms with van der Waals surface area (Å²) in [6.45, 7) is 0.684. The molecule has 0 saturated heterocycles. The Hall–Kier alpha value is -2.89. The van der Waals surface area contributed by atoms with E-state index in [0.717, 1.165) is 22.7 Å². The fourth-order valence-corrected chi connectivity index (χ4v) is 2.08. The normalized spacial score (nSPS) is 10.3. The summed E-state index contributed by atoms with van der Waals surface area (Å²) in [7, 11) is 1.68. The first kappa shape index (κ1) is 13.1. The number of para-hydroxylation sites is 1. The number of tetrazole rings is 1. The zero-order chi connectivity index (χ0) is 14.5. The maximum atomic E-state index is 5.35. The largest absolute Gasteiger partial charge is 0.496 e. The number of nitrogens with one attached hydrogen (secondary N) is 1. The molecule has 0 unspecified atom stereocenters. The van der Waals surface area contributed by atoms with Gasteiger partial charge in [-0.1, -0.05) is 24.3 Å². The van der Waals surface area contributed by atoms with Crippen molar-refractivity contribution in [3.8, 4) is 11.4 Å². The lowest BCUT2D eigenvalue weighted by molar-refractivity contribution is 0.410. The number of aromatic nitrogens is 4. The maximum Gasteiger partial charge on any atom is 0.143 e. The predicted molar refractivity (Wildman–Crippen MR) is 79.5 cm³/mol. The van der Waals surface area contributed by atoms with E-state index in [1.54, 1.807) is 18.1 Å². The second-order valence-electron chi connectivity index (χ2n) is 4.47. The molecule has 0 atom stereocenters. The zero-order valence-corrected chi connectivity index (χ0v) is 11.6. The number of nitrogens with zero attached hydrogens (tertiary/aromatic N) is 4. The molecule has 0 aliphatic rings. The number of hydrogen-bond donors (Lipinski definition) is 1.